The van der Waals surface area contributed by atoms with E-state index < -0.39 is 27.7 Å². The van der Waals surface area contributed by atoms with Gasteiger partial charge in [-0.25, -0.2) is 0 Å². The summed E-state index contributed by atoms with van der Waals surface area (Å²) in [5.74, 6) is -0.476. The lowest BCUT2D eigenvalue weighted by Gasteiger charge is -2.31. The Hall–Kier alpha value is -2.13. The fraction of sp³-hybridized carbons (Fsp3) is 0.286. The number of hydrogen-bond donors (Lipinski definition) is 0. The first kappa shape index (κ1) is 24.1. The quantitative estimate of drug-likeness (QED) is 0.427. The Labute approximate surface area is 186 Å². The second kappa shape index (κ2) is 9.34. The van der Waals surface area contributed by atoms with Crippen molar-refractivity contribution in [2.24, 2.45) is 5.41 Å². The van der Waals surface area contributed by atoms with Crippen molar-refractivity contribution in [2.45, 2.75) is 34.6 Å². The average molecular weight is 469 g/mol. The van der Waals surface area contributed by atoms with Crippen LogP contribution in [0.1, 0.15) is 19.4 Å². The zero-order chi connectivity index (χ0) is 22.6. The Bertz CT molecular complexity index is 999. The minimum Gasteiger partial charge on any atom is -0.295 e. The van der Waals surface area contributed by atoms with Gasteiger partial charge in [0.2, 0.25) is 0 Å². The number of nitrogens with zero attached hydrogens (tertiary/aromatic N) is 2. The zero-order valence-corrected chi connectivity index (χ0v) is 18.3. The van der Waals surface area contributed by atoms with E-state index in [2.05, 4.69) is 0 Å². The molecule has 0 amide bonds. The topological polar surface area (TPSA) is 64.7 Å². The van der Waals surface area contributed by atoms with Crippen LogP contribution in [-0.2, 0) is 11.0 Å². The number of thioether (sulfide) groups is 2. The normalized spacial score (nSPS) is 13.7. The predicted molar refractivity (Wildman–Crippen MR) is 112 cm³/mol. The highest BCUT2D eigenvalue weighted by Crippen LogP contribution is 2.44. The van der Waals surface area contributed by atoms with Crippen LogP contribution in [0, 0.1) is 28.1 Å². The highest BCUT2D eigenvalue weighted by Gasteiger charge is 2.47. The Kier molecular flexibility index (Phi) is 7.52. The van der Waals surface area contributed by atoms with Crippen molar-refractivity contribution in [1.29, 1.82) is 10.5 Å². The second-order valence-corrected chi connectivity index (χ2v) is 9.75. The number of carbonyl (C=O) groups excluding carboxylic acids is 1. The molecule has 0 aliphatic carbocycles. The van der Waals surface area contributed by atoms with E-state index in [1.807, 2.05) is 0 Å². The number of carbonyl (C=O) groups is 1. The van der Waals surface area contributed by atoms with Crippen molar-refractivity contribution in [3.05, 3.63) is 59.1 Å². The number of rotatable bonds is 7. The molecule has 1 unspecified atom stereocenters. The molecule has 0 spiro atoms. The first-order chi connectivity index (χ1) is 13.9. The van der Waals surface area contributed by atoms with Gasteiger partial charge < -0.3 is 0 Å². The maximum absolute atomic E-state index is 13.2. The molecule has 2 aromatic rings. The number of alkyl halides is 3. The first-order valence-corrected chi connectivity index (χ1v) is 10.7. The molecule has 30 heavy (non-hydrogen) atoms. The van der Waals surface area contributed by atoms with Crippen LogP contribution in [0.5, 0.6) is 0 Å². The molecule has 0 aromatic heterocycles. The number of hydrogen-bond acceptors (Lipinski definition) is 5. The minimum absolute atomic E-state index is 0.117. The first-order valence-electron chi connectivity index (χ1n) is 8.56. The Morgan fingerprint density at radius 3 is 2.10 bits per heavy atom. The summed E-state index contributed by atoms with van der Waals surface area (Å²) in [6.07, 6.45) is -4.44. The number of ketones is 1. The molecule has 0 saturated heterocycles. The highest BCUT2D eigenvalue weighted by atomic mass is 35.5. The van der Waals surface area contributed by atoms with Crippen LogP contribution in [0.15, 0.2) is 58.3 Å². The van der Waals surface area contributed by atoms with Crippen LogP contribution in [0.2, 0.25) is 5.02 Å². The van der Waals surface area contributed by atoms with Crippen LogP contribution in [0.3, 0.4) is 0 Å². The van der Waals surface area contributed by atoms with Crippen molar-refractivity contribution in [1.82, 2.24) is 0 Å². The third-order valence-electron chi connectivity index (χ3n) is 4.25. The second-order valence-electron chi connectivity index (χ2n) is 6.75. The average Bonchev–Trinajstić information content (AvgIpc) is 2.72. The molecule has 0 fully saturated rings. The van der Waals surface area contributed by atoms with Gasteiger partial charge in [-0.05, 0) is 50.2 Å². The summed E-state index contributed by atoms with van der Waals surface area (Å²) < 4.78 is 37.0. The van der Waals surface area contributed by atoms with Gasteiger partial charge in [0.1, 0.15) is 0 Å². The molecule has 2 aromatic carbocycles. The molecule has 2 rings (SSSR count). The summed E-state index contributed by atoms with van der Waals surface area (Å²) in [4.78, 5) is 14.3. The van der Waals surface area contributed by atoms with E-state index in [0.717, 1.165) is 23.9 Å². The lowest BCUT2D eigenvalue weighted by atomic mass is 9.83. The number of Topliss-reactive ketones (excluding diaryl/α,β-unsaturated/α-hetero) is 1. The number of benzene rings is 2. The fourth-order valence-corrected chi connectivity index (χ4v) is 5.19. The predicted octanol–water partition coefficient (Wildman–Crippen LogP) is 6.62. The Morgan fingerprint density at radius 1 is 1.03 bits per heavy atom. The number of nitriles is 2. The van der Waals surface area contributed by atoms with Gasteiger partial charge in [-0.2, -0.15) is 23.7 Å². The van der Waals surface area contributed by atoms with Gasteiger partial charge in [0.05, 0.1) is 27.5 Å². The molecule has 9 heteroatoms. The van der Waals surface area contributed by atoms with Gasteiger partial charge in [0.15, 0.2) is 11.2 Å². The Morgan fingerprint density at radius 2 is 1.60 bits per heavy atom. The molecular weight excluding hydrogens is 453 g/mol. The van der Waals surface area contributed by atoms with E-state index >= 15 is 0 Å². The summed E-state index contributed by atoms with van der Waals surface area (Å²) in [6.45, 7) is 2.86. The van der Waals surface area contributed by atoms with Crippen molar-refractivity contribution in [2.75, 3.05) is 5.75 Å². The molecule has 156 valence electrons. The summed E-state index contributed by atoms with van der Waals surface area (Å²) in [6, 6.07) is 15.0. The summed E-state index contributed by atoms with van der Waals surface area (Å²) in [7, 11) is 0. The largest absolute Gasteiger partial charge is 0.416 e. The fourth-order valence-electron chi connectivity index (χ4n) is 2.53. The van der Waals surface area contributed by atoms with Crippen molar-refractivity contribution in [3.63, 3.8) is 0 Å². The monoisotopic (exact) mass is 468 g/mol. The summed E-state index contributed by atoms with van der Waals surface area (Å²) in [5, 5.41) is 19.2. The van der Waals surface area contributed by atoms with Gasteiger partial charge >= 0.3 is 6.18 Å². The van der Waals surface area contributed by atoms with Crippen LogP contribution in [0.4, 0.5) is 13.2 Å². The van der Waals surface area contributed by atoms with Gasteiger partial charge in [-0.3, -0.25) is 4.79 Å². The van der Waals surface area contributed by atoms with E-state index in [-0.39, 0.29) is 5.75 Å². The zero-order valence-electron chi connectivity index (χ0n) is 16.0. The van der Waals surface area contributed by atoms with Crippen LogP contribution < -0.4 is 0 Å². The third kappa shape index (κ3) is 5.51. The molecule has 0 saturated carbocycles. The molecule has 0 heterocycles. The van der Waals surface area contributed by atoms with E-state index in [1.54, 1.807) is 43.3 Å². The minimum atomic E-state index is -4.44. The summed E-state index contributed by atoms with van der Waals surface area (Å²) >= 11 is 8.51. The van der Waals surface area contributed by atoms with Gasteiger partial charge in [0.25, 0.3) is 0 Å². The lowest BCUT2D eigenvalue weighted by molar-refractivity contribution is -0.137. The molecule has 0 aliphatic heterocycles. The van der Waals surface area contributed by atoms with Gasteiger partial charge in [-0.15, -0.1) is 23.5 Å². The Balaban J connectivity index is 2.34. The molecule has 0 aliphatic rings. The van der Waals surface area contributed by atoms with Crippen LogP contribution in [0.25, 0.3) is 0 Å². The lowest BCUT2D eigenvalue weighted by Crippen LogP contribution is -2.43. The van der Waals surface area contributed by atoms with Crippen molar-refractivity contribution >= 4 is 40.9 Å². The van der Waals surface area contributed by atoms with Crippen LogP contribution >= 0.6 is 35.1 Å². The third-order valence-corrected chi connectivity index (χ3v) is 7.56. The van der Waals surface area contributed by atoms with Gasteiger partial charge in [0, 0.05) is 15.5 Å². The molecule has 0 radical (unpaired) electrons. The molecule has 3 nitrogen and oxygen atoms in total. The smallest absolute Gasteiger partial charge is 0.295 e. The number of halogens is 4. The van der Waals surface area contributed by atoms with E-state index in [9.17, 15) is 28.5 Å². The SMILES string of the molecule is CC(C#N)(C#N)C(=O)C(C)(CSc1ccc(C(F)(F)F)cc1)Sc1ccccc1Cl. The maximum atomic E-state index is 13.2. The van der Waals surface area contributed by atoms with Gasteiger partial charge in [-0.1, -0.05) is 23.7 Å². The van der Waals surface area contributed by atoms with E-state index in [1.165, 1.54) is 30.8 Å². The molecule has 0 bridgehead atoms. The maximum Gasteiger partial charge on any atom is 0.416 e. The van der Waals surface area contributed by atoms with Crippen LogP contribution in [-0.4, -0.2) is 16.3 Å². The van der Waals surface area contributed by atoms with E-state index in [4.69, 9.17) is 11.6 Å². The molecular formula is C21H16ClF3N2OS2. The summed E-state index contributed by atoms with van der Waals surface area (Å²) in [5.41, 5.74) is -2.64. The molecule has 1 atom stereocenters. The van der Waals surface area contributed by atoms with E-state index in [0.29, 0.717) is 14.8 Å². The van der Waals surface area contributed by atoms with Crippen molar-refractivity contribution < 1.29 is 18.0 Å². The van der Waals surface area contributed by atoms with Crippen molar-refractivity contribution in [3.8, 4) is 12.1 Å². The standard InChI is InChI=1S/C21H16ClF3N2OS2/c1-19(11-26,12-27)18(28)20(2,30-17-6-4-3-5-16(17)22)13-29-15-9-7-14(8-10-15)21(23,24)25/h3-10H,13H2,1-2H3. The highest BCUT2D eigenvalue weighted by molar-refractivity contribution is 8.04. The molecule has 0 N–H and O–H groups in total.